The summed E-state index contributed by atoms with van der Waals surface area (Å²) in [5.41, 5.74) is 1.26. The Morgan fingerprint density at radius 2 is 2.05 bits per heavy atom. The largest absolute Gasteiger partial charge is 0.454 e. The molecule has 4 rings (SSSR count). The molecule has 19 heavy (non-hydrogen) atoms. The molecule has 1 aliphatic carbocycles. The number of benzene rings is 1. The van der Waals surface area contributed by atoms with Gasteiger partial charge in [-0.05, 0) is 36.5 Å². The van der Waals surface area contributed by atoms with Crippen LogP contribution in [0.15, 0.2) is 18.2 Å². The van der Waals surface area contributed by atoms with Crippen LogP contribution in [0.1, 0.15) is 18.4 Å². The van der Waals surface area contributed by atoms with Crippen molar-refractivity contribution < 1.29 is 14.6 Å². The molecule has 1 N–H and O–H groups in total. The Bertz CT molecular complexity index is 490. The van der Waals surface area contributed by atoms with Crippen molar-refractivity contribution in [1.29, 1.82) is 0 Å². The second-order valence-corrected chi connectivity index (χ2v) is 5.95. The maximum Gasteiger partial charge on any atom is 0.231 e. The number of nitrogens with zero attached hydrogens (tertiary/aromatic N) is 1. The second kappa shape index (κ2) is 4.39. The lowest BCUT2D eigenvalue weighted by atomic mass is 10.00. The van der Waals surface area contributed by atoms with Crippen molar-refractivity contribution in [3.05, 3.63) is 23.8 Å². The predicted octanol–water partition coefficient (Wildman–Crippen LogP) is 1.62. The van der Waals surface area contributed by atoms with Gasteiger partial charge in [0.15, 0.2) is 11.5 Å². The van der Waals surface area contributed by atoms with Crippen molar-refractivity contribution in [1.82, 2.24) is 4.90 Å². The first-order chi connectivity index (χ1) is 9.29. The van der Waals surface area contributed by atoms with E-state index in [2.05, 4.69) is 17.0 Å². The van der Waals surface area contributed by atoms with Crippen molar-refractivity contribution in [3.63, 3.8) is 0 Å². The number of aliphatic hydroxyl groups is 1. The third kappa shape index (κ3) is 1.99. The molecule has 0 spiro atoms. The first kappa shape index (κ1) is 11.6. The topological polar surface area (TPSA) is 41.9 Å². The minimum Gasteiger partial charge on any atom is -0.454 e. The van der Waals surface area contributed by atoms with E-state index >= 15 is 0 Å². The van der Waals surface area contributed by atoms with Crippen molar-refractivity contribution in [2.75, 3.05) is 19.9 Å². The average molecular weight is 261 g/mol. The molecule has 4 heteroatoms. The lowest BCUT2D eigenvalue weighted by Crippen LogP contribution is -2.24. The molecule has 0 aromatic heterocycles. The Balaban J connectivity index is 1.45. The Morgan fingerprint density at radius 1 is 1.16 bits per heavy atom. The van der Waals surface area contributed by atoms with Crippen LogP contribution in [0, 0.1) is 11.8 Å². The van der Waals surface area contributed by atoms with Crippen molar-refractivity contribution in [2.45, 2.75) is 25.5 Å². The number of fused-ring (bicyclic) bond motifs is 2. The van der Waals surface area contributed by atoms with Gasteiger partial charge in [0.1, 0.15) is 0 Å². The molecule has 0 radical (unpaired) electrons. The lowest BCUT2D eigenvalue weighted by molar-refractivity contribution is 0.123. The standard InChI is InChI=1S/C15H19NO3/c17-13-3-2-11-7-16(8-12(11)13)6-10-1-4-14-15(5-10)19-9-18-14/h1,4-5,11-13,17H,2-3,6-9H2. The van der Waals surface area contributed by atoms with Gasteiger partial charge in [0.05, 0.1) is 6.10 Å². The summed E-state index contributed by atoms with van der Waals surface area (Å²) in [6.07, 6.45) is 2.10. The molecule has 2 fully saturated rings. The summed E-state index contributed by atoms with van der Waals surface area (Å²) in [4.78, 5) is 2.45. The van der Waals surface area contributed by atoms with Crippen molar-refractivity contribution >= 4 is 0 Å². The highest BCUT2D eigenvalue weighted by atomic mass is 16.7. The molecular formula is C15H19NO3. The lowest BCUT2D eigenvalue weighted by Gasteiger charge is -2.18. The number of hydrogen-bond donors (Lipinski definition) is 1. The van der Waals surface area contributed by atoms with Gasteiger partial charge in [-0.2, -0.15) is 0 Å². The highest BCUT2D eigenvalue weighted by Gasteiger charge is 2.41. The van der Waals surface area contributed by atoms with Gasteiger partial charge < -0.3 is 14.6 Å². The van der Waals surface area contributed by atoms with E-state index in [4.69, 9.17) is 9.47 Å². The molecule has 4 nitrogen and oxygen atoms in total. The Kier molecular flexibility index (Phi) is 2.67. The number of likely N-dealkylation sites (tertiary alicyclic amines) is 1. The third-order valence-electron chi connectivity index (χ3n) is 4.74. The van der Waals surface area contributed by atoms with E-state index in [1.807, 2.05) is 6.07 Å². The highest BCUT2D eigenvalue weighted by Crippen LogP contribution is 2.39. The fraction of sp³-hybridized carbons (Fsp3) is 0.600. The summed E-state index contributed by atoms with van der Waals surface area (Å²) >= 11 is 0. The summed E-state index contributed by atoms with van der Waals surface area (Å²) in [5.74, 6) is 2.90. The van der Waals surface area contributed by atoms with Crippen LogP contribution in [0.25, 0.3) is 0 Å². The van der Waals surface area contributed by atoms with Gasteiger partial charge >= 0.3 is 0 Å². The number of hydrogen-bond acceptors (Lipinski definition) is 4. The summed E-state index contributed by atoms with van der Waals surface area (Å²) < 4.78 is 10.7. The predicted molar refractivity (Wildman–Crippen MR) is 70.1 cm³/mol. The van der Waals surface area contributed by atoms with Crippen LogP contribution < -0.4 is 9.47 Å². The fourth-order valence-electron chi connectivity index (χ4n) is 3.76. The Morgan fingerprint density at radius 3 is 2.95 bits per heavy atom. The quantitative estimate of drug-likeness (QED) is 0.878. The van der Waals surface area contributed by atoms with Gasteiger partial charge in [-0.15, -0.1) is 0 Å². The minimum atomic E-state index is -0.0771. The summed E-state index contributed by atoms with van der Waals surface area (Å²) in [5, 5.41) is 9.95. The smallest absolute Gasteiger partial charge is 0.231 e. The first-order valence-electron chi connectivity index (χ1n) is 7.08. The summed E-state index contributed by atoms with van der Waals surface area (Å²) in [6.45, 7) is 3.42. The van der Waals surface area contributed by atoms with Crippen LogP contribution in [0.5, 0.6) is 11.5 Å². The average Bonchev–Trinajstić information content (AvgIpc) is 3.07. The van der Waals surface area contributed by atoms with Crippen LogP contribution in [0.4, 0.5) is 0 Å². The summed E-state index contributed by atoms with van der Waals surface area (Å²) in [6, 6.07) is 6.17. The zero-order valence-electron chi connectivity index (χ0n) is 10.9. The van der Waals surface area contributed by atoms with Gasteiger partial charge in [0, 0.05) is 25.6 Å². The van der Waals surface area contributed by atoms with Gasteiger partial charge in [-0.25, -0.2) is 0 Å². The fourth-order valence-corrected chi connectivity index (χ4v) is 3.76. The Hall–Kier alpha value is -1.26. The molecule has 0 bridgehead atoms. The molecule has 3 unspecified atom stereocenters. The molecule has 102 valence electrons. The molecule has 1 aromatic rings. The van der Waals surface area contributed by atoms with E-state index in [1.54, 1.807) is 0 Å². The molecule has 3 atom stereocenters. The molecular weight excluding hydrogens is 242 g/mol. The molecule has 3 aliphatic rings. The number of ether oxygens (including phenoxy) is 2. The SMILES string of the molecule is OC1CCC2CN(Cc3ccc4c(c3)OCO4)CC12. The molecule has 1 saturated carbocycles. The molecule has 0 amide bonds. The van der Waals surface area contributed by atoms with Crippen LogP contribution in [0.2, 0.25) is 0 Å². The zero-order chi connectivity index (χ0) is 12.8. The van der Waals surface area contributed by atoms with E-state index < -0.39 is 0 Å². The maximum absolute atomic E-state index is 9.95. The van der Waals surface area contributed by atoms with E-state index in [0.29, 0.717) is 18.6 Å². The number of rotatable bonds is 2. The van der Waals surface area contributed by atoms with Gasteiger partial charge in [-0.3, -0.25) is 4.90 Å². The van der Waals surface area contributed by atoms with Crippen molar-refractivity contribution in [2.24, 2.45) is 11.8 Å². The monoisotopic (exact) mass is 261 g/mol. The van der Waals surface area contributed by atoms with Crippen LogP contribution >= 0.6 is 0 Å². The molecule has 1 aromatic carbocycles. The molecule has 2 aliphatic heterocycles. The van der Waals surface area contributed by atoms with E-state index in [1.165, 1.54) is 12.0 Å². The van der Waals surface area contributed by atoms with Crippen LogP contribution in [-0.4, -0.2) is 36.0 Å². The second-order valence-electron chi connectivity index (χ2n) is 5.95. The van der Waals surface area contributed by atoms with E-state index in [9.17, 15) is 5.11 Å². The van der Waals surface area contributed by atoms with Gasteiger partial charge in [-0.1, -0.05) is 6.07 Å². The molecule has 2 heterocycles. The maximum atomic E-state index is 9.95. The Labute approximate surface area is 112 Å². The minimum absolute atomic E-state index is 0.0771. The van der Waals surface area contributed by atoms with Crippen LogP contribution in [0.3, 0.4) is 0 Å². The van der Waals surface area contributed by atoms with E-state index in [0.717, 1.165) is 37.6 Å². The zero-order valence-corrected chi connectivity index (χ0v) is 10.9. The van der Waals surface area contributed by atoms with E-state index in [-0.39, 0.29) is 6.10 Å². The summed E-state index contributed by atoms with van der Waals surface area (Å²) in [7, 11) is 0. The van der Waals surface area contributed by atoms with Gasteiger partial charge in [0.2, 0.25) is 6.79 Å². The normalized spacial score (nSPS) is 32.8. The highest BCUT2D eigenvalue weighted by molar-refractivity contribution is 5.44. The third-order valence-corrected chi connectivity index (χ3v) is 4.74. The van der Waals surface area contributed by atoms with Crippen LogP contribution in [-0.2, 0) is 6.54 Å². The number of aliphatic hydroxyl groups excluding tert-OH is 1. The van der Waals surface area contributed by atoms with Gasteiger partial charge in [0.25, 0.3) is 0 Å². The first-order valence-corrected chi connectivity index (χ1v) is 7.08. The van der Waals surface area contributed by atoms with Crippen molar-refractivity contribution in [3.8, 4) is 11.5 Å². The molecule has 1 saturated heterocycles.